The Labute approximate surface area is 236 Å². The van der Waals surface area contributed by atoms with Gasteiger partial charge in [0.25, 0.3) is 0 Å². The summed E-state index contributed by atoms with van der Waals surface area (Å²) < 4.78 is 178. The van der Waals surface area contributed by atoms with Crippen LogP contribution in [0.2, 0.25) is 0 Å². The maximum atomic E-state index is 14.7. The number of rotatable bonds is 4. The smallest absolute Gasteiger partial charge is 0.420 e. The van der Waals surface area contributed by atoms with E-state index in [-0.39, 0.29) is 35.2 Å². The summed E-state index contributed by atoms with van der Waals surface area (Å²) in [5.41, 5.74) is -14.5. The summed E-state index contributed by atoms with van der Waals surface area (Å²) in [5.74, 6) is -5.46. The first-order valence-electron chi connectivity index (χ1n) is 11.9. The molecule has 16 heteroatoms. The molecule has 2 aromatic heterocycles. The van der Waals surface area contributed by atoms with E-state index in [0.29, 0.717) is 12.1 Å². The molecule has 0 radical (unpaired) electrons. The van der Waals surface area contributed by atoms with Gasteiger partial charge in [-0.1, -0.05) is 18.2 Å². The average Bonchev–Trinajstić information content (AvgIpc) is 3.49. The van der Waals surface area contributed by atoms with Crippen molar-refractivity contribution in [1.29, 1.82) is 0 Å². The van der Waals surface area contributed by atoms with Crippen molar-refractivity contribution in [3.05, 3.63) is 106 Å². The van der Waals surface area contributed by atoms with E-state index in [0.717, 1.165) is 6.07 Å². The highest BCUT2D eigenvalue weighted by Gasteiger charge is 2.57. The summed E-state index contributed by atoms with van der Waals surface area (Å²) in [5, 5.41) is 9.18. The molecule has 0 saturated carbocycles. The number of alkyl halides is 12. The summed E-state index contributed by atoms with van der Waals surface area (Å²) in [4.78, 5) is 13.2. The lowest BCUT2D eigenvalue weighted by molar-refractivity contribution is -0.147. The van der Waals surface area contributed by atoms with E-state index in [1.165, 1.54) is 24.3 Å². The molecule has 0 aliphatic heterocycles. The Balaban J connectivity index is 2.04. The van der Waals surface area contributed by atoms with Crippen LogP contribution < -0.4 is 0 Å². The van der Waals surface area contributed by atoms with E-state index in [1.54, 1.807) is 0 Å². The van der Waals surface area contributed by atoms with E-state index >= 15 is 0 Å². The topological polar surface area (TPSA) is 63.6 Å². The maximum absolute atomic E-state index is 14.7. The first-order chi connectivity index (χ1) is 20.1. The second-order valence-electron chi connectivity index (χ2n) is 9.51. The highest BCUT2D eigenvalue weighted by Crippen LogP contribution is 2.52. The molecular formula is C28H12F12O4. The molecule has 0 amide bonds. The Morgan fingerprint density at radius 3 is 1.61 bits per heavy atom. The molecule has 3 aromatic carbocycles. The molecule has 44 heavy (non-hydrogen) atoms. The lowest BCUT2D eigenvalue weighted by Gasteiger charge is -2.29. The first-order valence-corrected chi connectivity index (χ1v) is 11.9. The Bertz CT molecular complexity index is 1840. The molecule has 1 atom stereocenters. The fourth-order valence-electron chi connectivity index (χ4n) is 4.87. The molecule has 1 unspecified atom stereocenters. The second kappa shape index (κ2) is 9.69. The van der Waals surface area contributed by atoms with Gasteiger partial charge < -0.3 is 13.9 Å². The molecule has 5 aromatic rings. The fraction of sp³-hybridized carbons (Fsp3) is 0.179. The van der Waals surface area contributed by atoms with Gasteiger partial charge in [-0.3, -0.25) is 4.79 Å². The third kappa shape index (κ3) is 5.01. The van der Waals surface area contributed by atoms with Crippen LogP contribution in [0.5, 0.6) is 0 Å². The molecule has 0 fully saturated rings. The first kappa shape index (κ1) is 30.8. The number of carbonyl (C=O) groups is 1. The monoisotopic (exact) mass is 640 g/mol. The minimum atomic E-state index is -5.76. The molecule has 0 bridgehead atoms. The summed E-state index contributed by atoms with van der Waals surface area (Å²) in [6.45, 7) is 0. The zero-order chi connectivity index (χ0) is 32.6. The fourth-order valence-corrected chi connectivity index (χ4v) is 4.87. The van der Waals surface area contributed by atoms with Crippen molar-refractivity contribution < 1.29 is 71.4 Å². The van der Waals surface area contributed by atoms with E-state index in [2.05, 4.69) is 0 Å². The van der Waals surface area contributed by atoms with Gasteiger partial charge in [-0.05, 0) is 54.1 Å². The molecule has 2 heterocycles. The molecule has 5 rings (SSSR count). The quantitative estimate of drug-likeness (QED) is 0.199. The van der Waals surface area contributed by atoms with Crippen molar-refractivity contribution in [3.63, 3.8) is 0 Å². The van der Waals surface area contributed by atoms with Crippen LogP contribution in [-0.2, 0) is 34.9 Å². The van der Waals surface area contributed by atoms with Gasteiger partial charge in [0.1, 0.15) is 28.2 Å². The minimum absolute atomic E-state index is 0.0241. The Morgan fingerprint density at radius 2 is 1.11 bits per heavy atom. The second-order valence-corrected chi connectivity index (χ2v) is 9.51. The highest BCUT2D eigenvalue weighted by atomic mass is 19.4. The molecule has 0 aliphatic carbocycles. The Kier molecular flexibility index (Phi) is 6.79. The zero-order valence-electron chi connectivity index (χ0n) is 21.1. The van der Waals surface area contributed by atoms with Crippen LogP contribution in [-0.4, -0.2) is 11.1 Å². The third-order valence-corrected chi connectivity index (χ3v) is 6.78. The van der Waals surface area contributed by atoms with Gasteiger partial charge in [-0.15, -0.1) is 0 Å². The summed E-state index contributed by atoms with van der Waals surface area (Å²) in [6.07, 6.45) is -22.1. The summed E-state index contributed by atoms with van der Waals surface area (Å²) in [7, 11) is 0. The Hall–Kier alpha value is -4.63. The SMILES string of the molecule is O=C(O)C(c1cc(C(F)(F)F)cc(C(F)(F)F)c1)(c1cc2ccccc2o1)c1oc2ccc(C(F)(F)F)cc2c1C(F)(F)F. The van der Waals surface area contributed by atoms with Crippen molar-refractivity contribution >= 4 is 27.9 Å². The van der Waals surface area contributed by atoms with Gasteiger partial charge in [0.2, 0.25) is 5.41 Å². The van der Waals surface area contributed by atoms with E-state index < -0.39 is 86.4 Å². The van der Waals surface area contributed by atoms with Gasteiger partial charge in [-0.25, -0.2) is 0 Å². The van der Waals surface area contributed by atoms with Gasteiger partial charge in [0.05, 0.1) is 16.7 Å². The number of para-hydroxylation sites is 1. The van der Waals surface area contributed by atoms with Crippen LogP contribution in [0.4, 0.5) is 52.7 Å². The number of carboxylic acids is 1. The highest BCUT2D eigenvalue weighted by molar-refractivity contribution is 5.95. The number of halogens is 12. The van der Waals surface area contributed by atoms with Gasteiger partial charge in [0, 0.05) is 10.8 Å². The predicted molar refractivity (Wildman–Crippen MR) is 126 cm³/mol. The van der Waals surface area contributed by atoms with Crippen LogP contribution in [0.1, 0.15) is 39.3 Å². The van der Waals surface area contributed by atoms with E-state index in [9.17, 15) is 62.6 Å². The molecular weight excluding hydrogens is 628 g/mol. The van der Waals surface area contributed by atoms with Crippen LogP contribution in [0.3, 0.4) is 0 Å². The molecule has 1 N–H and O–H groups in total. The molecule has 0 saturated heterocycles. The largest absolute Gasteiger partial charge is 0.480 e. The van der Waals surface area contributed by atoms with Gasteiger partial charge in [-0.2, -0.15) is 52.7 Å². The molecule has 232 valence electrons. The standard InChI is InChI=1S/C28H12F12O4/c29-25(30,31)13-5-6-19-17(11-13)21(28(38,39)40)22(44-19)24(23(41)42,20-7-12-3-1-2-4-18(12)43-20)14-8-15(26(32,33)34)10-16(9-14)27(35,36)37/h1-11H,(H,41,42). The van der Waals surface area contributed by atoms with Crippen LogP contribution in [0.15, 0.2) is 75.6 Å². The number of carboxylic acid groups (broad SMARTS) is 1. The zero-order valence-corrected chi connectivity index (χ0v) is 21.1. The molecule has 4 nitrogen and oxygen atoms in total. The lowest BCUT2D eigenvalue weighted by Crippen LogP contribution is -2.40. The van der Waals surface area contributed by atoms with Crippen molar-refractivity contribution in [1.82, 2.24) is 0 Å². The van der Waals surface area contributed by atoms with Crippen molar-refractivity contribution in [3.8, 4) is 0 Å². The van der Waals surface area contributed by atoms with Crippen LogP contribution >= 0.6 is 0 Å². The minimum Gasteiger partial charge on any atom is -0.480 e. The van der Waals surface area contributed by atoms with Crippen LogP contribution in [0, 0.1) is 0 Å². The Morgan fingerprint density at radius 1 is 0.568 bits per heavy atom. The van der Waals surface area contributed by atoms with Crippen molar-refractivity contribution in [2.24, 2.45) is 0 Å². The van der Waals surface area contributed by atoms with E-state index in [1.807, 2.05) is 0 Å². The molecule has 0 aliphatic rings. The number of fused-ring (bicyclic) bond motifs is 2. The number of hydrogen-bond donors (Lipinski definition) is 1. The van der Waals surface area contributed by atoms with E-state index in [4.69, 9.17) is 8.83 Å². The maximum Gasteiger partial charge on any atom is 0.420 e. The van der Waals surface area contributed by atoms with Crippen molar-refractivity contribution in [2.45, 2.75) is 30.1 Å². The van der Waals surface area contributed by atoms with Crippen molar-refractivity contribution in [2.75, 3.05) is 0 Å². The molecule has 0 spiro atoms. The normalized spacial score (nSPS) is 14.7. The average molecular weight is 640 g/mol. The van der Waals surface area contributed by atoms with Gasteiger partial charge in [0.15, 0.2) is 0 Å². The summed E-state index contributed by atoms with van der Waals surface area (Å²) in [6, 6.07) is 5.95. The van der Waals surface area contributed by atoms with Gasteiger partial charge >= 0.3 is 30.7 Å². The number of furan rings is 2. The van der Waals surface area contributed by atoms with Crippen LogP contribution in [0.25, 0.3) is 21.9 Å². The lowest BCUT2D eigenvalue weighted by atomic mass is 9.73. The predicted octanol–water partition coefficient (Wildman–Crippen LogP) is 9.67. The number of benzene rings is 3. The summed E-state index contributed by atoms with van der Waals surface area (Å²) >= 11 is 0. The third-order valence-electron chi connectivity index (χ3n) is 6.78. The number of hydrogen-bond acceptors (Lipinski definition) is 3. The number of aliphatic carboxylic acids is 1.